The molecular formula is C13H16ClNO2. The van der Waals surface area contributed by atoms with Gasteiger partial charge in [0.1, 0.15) is 0 Å². The Hall–Kier alpha value is -1.06. The molecule has 17 heavy (non-hydrogen) atoms. The standard InChI is InChI=1S/C13H16ClNO2/c1-9-5-10(3-4-11(9)14)12(16)15-6-13(2)7-17-8-13/h3-5H,6-8H2,1-2H3,(H,15,16). The third kappa shape index (κ3) is 2.79. The van der Waals surface area contributed by atoms with Crippen LogP contribution in [0.3, 0.4) is 0 Å². The third-order valence-electron chi connectivity index (χ3n) is 3.00. The lowest BCUT2D eigenvalue weighted by Gasteiger charge is -2.38. The van der Waals surface area contributed by atoms with Gasteiger partial charge >= 0.3 is 0 Å². The third-order valence-corrected chi connectivity index (χ3v) is 3.42. The number of amides is 1. The molecule has 1 aliphatic rings. The second kappa shape index (κ2) is 4.67. The van der Waals surface area contributed by atoms with Crippen molar-refractivity contribution in [3.8, 4) is 0 Å². The van der Waals surface area contributed by atoms with E-state index in [1.54, 1.807) is 18.2 Å². The van der Waals surface area contributed by atoms with Crippen molar-refractivity contribution < 1.29 is 9.53 Å². The minimum atomic E-state index is -0.0575. The van der Waals surface area contributed by atoms with E-state index in [9.17, 15) is 4.79 Å². The van der Waals surface area contributed by atoms with E-state index in [2.05, 4.69) is 12.2 Å². The fourth-order valence-corrected chi connectivity index (χ4v) is 1.85. The number of halogens is 1. The summed E-state index contributed by atoms with van der Waals surface area (Å²) in [4.78, 5) is 11.9. The van der Waals surface area contributed by atoms with Crippen LogP contribution < -0.4 is 5.32 Å². The molecule has 0 spiro atoms. The van der Waals surface area contributed by atoms with Gasteiger partial charge in [0.2, 0.25) is 0 Å². The second-order valence-electron chi connectivity index (χ2n) is 4.95. The van der Waals surface area contributed by atoms with Gasteiger partial charge in [-0.05, 0) is 30.7 Å². The van der Waals surface area contributed by atoms with E-state index in [1.807, 2.05) is 6.92 Å². The summed E-state index contributed by atoms with van der Waals surface area (Å²) in [6, 6.07) is 5.29. The normalized spacial score (nSPS) is 17.4. The van der Waals surface area contributed by atoms with Crippen LogP contribution in [0.25, 0.3) is 0 Å². The number of benzene rings is 1. The van der Waals surface area contributed by atoms with Crippen LogP contribution >= 0.6 is 11.6 Å². The van der Waals surface area contributed by atoms with Crippen LogP contribution in [0.15, 0.2) is 18.2 Å². The highest BCUT2D eigenvalue weighted by atomic mass is 35.5. The highest BCUT2D eigenvalue weighted by Crippen LogP contribution is 2.25. The summed E-state index contributed by atoms with van der Waals surface area (Å²) >= 11 is 5.92. The van der Waals surface area contributed by atoms with Crippen LogP contribution in [-0.4, -0.2) is 25.7 Å². The SMILES string of the molecule is Cc1cc(C(=O)NCC2(C)COC2)ccc1Cl. The van der Waals surface area contributed by atoms with Crippen molar-refractivity contribution in [2.75, 3.05) is 19.8 Å². The summed E-state index contributed by atoms with van der Waals surface area (Å²) in [6.45, 7) is 6.07. The zero-order valence-electron chi connectivity index (χ0n) is 10.0. The van der Waals surface area contributed by atoms with E-state index in [0.717, 1.165) is 5.56 Å². The Labute approximate surface area is 106 Å². The first-order valence-corrected chi connectivity index (χ1v) is 6.00. The first-order valence-electron chi connectivity index (χ1n) is 5.62. The van der Waals surface area contributed by atoms with E-state index >= 15 is 0 Å². The number of carbonyl (C=O) groups excluding carboxylic acids is 1. The fourth-order valence-electron chi connectivity index (χ4n) is 1.73. The smallest absolute Gasteiger partial charge is 0.251 e. The number of hydrogen-bond donors (Lipinski definition) is 1. The van der Waals surface area contributed by atoms with Crippen molar-refractivity contribution in [3.63, 3.8) is 0 Å². The molecule has 1 amide bonds. The second-order valence-corrected chi connectivity index (χ2v) is 5.36. The van der Waals surface area contributed by atoms with Gasteiger partial charge in [-0.1, -0.05) is 18.5 Å². The molecule has 3 nitrogen and oxygen atoms in total. The molecule has 2 rings (SSSR count). The minimum Gasteiger partial charge on any atom is -0.380 e. The van der Waals surface area contributed by atoms with Gasteiger partial charge in [-0.25, -0.2) is 0 Å². The lowest BCUT2D eigenvalue weighted by molar-refractivity contribution is -0.0978. The Morgan fingerprint density at radius 3 is 2.76 bits per heavy atom. The van der Waals surface area contributed by atoms with E-state index in [-0.39, 0.29) is 11.3 Å². The molecule has 1 aromatic carbocycles. The maximum Gasteiger partial charge on any atom is 0.251 e. The summed E-state index contributed by atoms with van der Waals surface area (Å²) in [5.74, 6) is -0.0575. The maximum absolute atomic E-state index is 11.9. The highest BCUT2D eigenvalue weighted by molar-refractivity contribution is 6.31. The van der Waals surface area contributed by atoms with Gasteiger partial charge in [0.25, 0.3) is 5.91 Å². The summed E-state index contributed by atoms with van der Waals surface area (Å²) in [5, 5.41) is 3.61. The van der Waals surface area contributed by atoms with Crippen LogP contribution in [-0.2, 0) is 4.74 Å². The summed E-state index contributed by atoms with van der Waals surface area (Å²) in [7, 11) is 0. The Morgan fingerprint density at radius 2 is 2.24 bits per heavy atom. The number of ether oxygens (including phenoxy) is 1. The van der Waals surface area contributed by atoms with Crippen molar-refractivity contribution in [2.45, 2.75) is 13.8 Å². The van der Waals surface area contributed by atoms with Crippen molar-refractivity contribution in [3.05, 3.63) is 34.3 Å². The monoisotopic (exact) mass is 253 g/mol. The average Bonchev–Trinajstić information content (AvgIpc) is 2.27. The number of hydrogen-bond acceptors (Lipinski definition) is 2. The van der Waals surface area contributed by atoms with Crippen LogP contribution in [0.2, 0.25) is 5.02 Å². The van der Waals surface area contributed by atoms with Crippen molar-refractivity contribution in [1.29, 1.82) is 0 Å². The summed E-state index contributed by atoms with van der Waals surface area (Å²) in [6.07, 6.45) is 0. The number of rotatable bonds is 3. The number of carbonyl (C=O) groups is 1. The molecule has 4 heteroatoms. The minimum absolute atomic E-state index is 0.0575. The molecule has 1 heterocycles. The Kier molecular flexibility index (Phi) is 3.40. The van der Waals surface area contributed by atoms with Crippen molar-refractivity contribution >= 4 is 17.5 Å². The topological polar surface area (TPSA) is 38.3 Å². The fraction of sp³-hybridized carbons (Fsp3) is 0.462. The van der Waals surface area contributed by atoms with Crippen LogP contribution in [0.1, 0.15) is 22.8 Å². The molecular weight excluding hydrogens is 238 g/mol. The van der Waals surface area contributed by atoms with Crippen LogP contribution in [0.4, 0.5) is 0 Å². The Balaban J connectivity index is 1.97. The van der Waals surface area contributed by atoms with Crippen LogP contribution in [0.5, 0.6) is 0 Å². The van der Waals surface area contributed by atoms with Gasteiger partial charge in [-0.3, -0.25) is 4.79 Å². The average molecular weight is 254 g/mol. The molecule has 1 N–H and O–H groups in total. The van der Waals surface area contributed by atoms with E-state index < -0.39 is 0 Å². The Morgan fingerprint density at radius 1 is 1.53 bits per heavy atom. The van der Waals surface area contributed by atoms with E-state index in [4.69, 9.17) is 16.3 Å². The van der Waals surface area contributed by atoms with Crippen molar-refractivity contribution in [2.24, 2.45) is 5.41 Å². The molecule has 1 saturated heterocycles. The molecule has 0 radical (unpaired) electrons. The predicted molar refractivity (Wildman–Crippen MR) is 67.4 cm³/mol. The largest absolute Gasteiger partial charge is 0.380 e. The van der Waals surface area contributed by atoms with Gasteiger partial charge in [0.05, 0.1) is 13.2 Å². The van der Waals surface area contributed by atoms with E-state index in [0.29, 0.717) is 30.3 Å². The van der Waals surface area contributed by atoms with Crippen molar-refractivity contribution in [1.82, 2.24) is 5.32 Å². The predicted octanol–water partition coefficient (Wildman–Crippen LogP) is 2.41. The molecule has 0 unspecified atom stereocenters. The molecule has 1 aromatic rings. The molecule has 0 saturated carbocycles. The van der Waals surface area contributed by atoms with Crippen LogP contribution in [0, 0.1) is 12.3 Å². The molecule has 0 bridgehead atoms. The molecule has 1 fully saturated rings. The zero-order chi connectivity index (χ0) is 12.5. The lowest BCUT2D eigenvalue weighted by Crippen LogP contribution is -2.48. The molecule has 0 atom stereocenters. The number of aryl methyl sites for hydroxylation is 1. The molecule has 0 aromatic heterocycles. The number of nitrogens with one attached hydrogen (secondary N) is 1. The maximum atomic E-state index is 11.9. The van der Waals surface area contributed by atoms with E-state index in [1.165, 1.54) is 0 Å². The van der Waals surface area contributed by atoms with Gasteiger partial charge in [-0.15, -0.1) is 0 Å². The molecule has 0 aliphatic carbocycles. The summed E-state index contributed by atoms with van der Waals surface area (Å²) < 4.78 is 5.14. The first kappa shape index (κ1) is 12.4. The van der Waals surface area contributed by atoms with Gasteiger partial charge < -0.3 is 10.1 Å². The quantitative estimate of drug-likeness (QED) is 0.899. The zero-order valence-corrected chi connectivity index (χ0v) is 10.8. The van der Waals surface area contributed by atoms with Gasteiger partial charge in [0.15, 0.2) is 0 Å². The summed E-state index contributed by atoms with van der Waals surface area (Å²) in [5.41, 5.74) is 1.66. The van der Waals surface area contributed by atoms with Gasteiger partial charge in [0, 0.05) is 22.5 Å². The highest BCUT2D eigenvalue weighted by Gasteiger charge is 2.33. The van der Waals surface area contributed by atoms with Gasteiger partial charge in [-0.2, -0.15) is 0 Å². The molecule has 1 aliphatic heterocycles. The Bertz CT molecular complexity index is 441. The molecule has 92 valence electrons. The lowest BCUT2D eigenvalue weighted by atomic mass is 9.88. The first-order chi connectivity index (χ1) is 8.00.